The zero-order valence-electron chi connectivity index (χ0n) is 17.6. The zero-order valence-corrected chi connectivity index (χ0v) is 18.4. The summed E-state index contributed by atoms with van der Waals surface area (Å²) < 4.78 is 1.28. The molecule has 0 atom stereocenters. The number of hydrazine groups is 1. The summed E-state index contributed by atoms with van der Waals surface area (Å²) in [5.41, 5.74) is 6.16. The second kappa shape index (κ2) is 9.11. The van der Waals surface area contributed by atoms with E-state index in [0.717, 1.165) is 10.6 Å². The molecule has 0 fully saturated rings. The molecule has 0 aliphatic carbocycles. The number of amides is 2. The zero-order chi connectivity index (χ0) is 22.7. The smallest absolute Gasteiger partial charge is 0.267 e. The predicted molar refractivity (Wildman–Crippen MR) is 124 cm³/mol. The molecule has 4 rings (SSSR count). The molecule has 9 heteroatoms. The predicted octanol–water partition coefficient (Wildman–Crippen LogP) is 3.31. The van der Waals surface area contributed by atoms with Gasteiger partial charge < -0.3 is 0 Å². The molecule has 0 bridgehead atoms. The van der Waals surface area contributed by atoms with Gasteiger partial charge in [-0.1, -0.05) is 55.5 Å². The van der Waals surface area contributed by atoms with Crippen molar-refractivity contribution in [1.29, 1.82) is 0 Å². The average molecular weight is 448 g/mol. The first-order chi connectivity index (χ1) is 15.5. The molecule has 0 aliphatic rings. The van der Waals surface area contributed by atoms with E-state index < -0.39 is 11.8 Å². The molecule has 0 saturated heterocycles. The van der Waals surface area contributed by atoms with Crippen molar-refractivity contribution in [2.24, 2.45) is 0 Å². The van der Waals surface area contributed by atoms with E-state index in [4.69, 9.17) is 0 Å². The largest absolute Gasteiger partial charge is 0.290 e. The van der Waals surface area contributed by atoms with E-state index in [-0.39, 0.29) is 11.3 Å². The highest BCUT2D eigenvalue weighted by atomic mass is 32.1. The van der Waals surface area contributed by atoms with Gasteiger partial charge in [-0.15, -0.1) is 11.3 Å². The molecule has 2 amide bonds. The van der Waals surface area contributed by atoms with Crippen molar-refractivity contribution in [2.75, 3.05) is 0 Å². The molecular formula is C23H21N5O3S. The molecule has 8 nitrogen and oxygen atoms in total. The summed E-state index contributed by atoms with van der Waals surface area (Å²) in [5, 5.41) is 5.78. The minimum absolute atomic E-state index is 0.0694. The van der Waals surface area contributed by atoms with Crippen LogP contribution in [0.3, 0.4) is 0 Å². The van der Waals surface area contributed by atoms with Crippen LogP contribution in [0, 0.1) is 6.92 Å². The van der Waals surface area contributed by atoms with Gasteiger partial charge in [0.1, 0.15) is 9.88 Å². The van der Waals surface area contributed by atoms with Gasteiger partial charge in [-0.2, -0.15) is 5.10 Å². The Labute approximate surface area is 187 Å². The number of fused-ring (bicyclic) bond motifs is 1. The van der Waals surface area contributed by atoms with Gasteiger partial charge in [0.2, 0.25) is 0 Å². The molecular weight excluding hydrogens is 426 g/mol. The van der Waals surface area contributed by atoms with Gasteiger partial charge in [0, 0.05) is 17.5 Å². The molecule has 0 aliphatic heterocycles. The van der Waals surface area contributed by atoms with Gasteiger partial charge in [-0.25, -0.2) is 9.67 Å². The highest BCUT2D eigenvalue weighted by molar-refractivity contribution is 7.17. The summed E-state index contributed by atoms with van der Waals surface area (Å²) in [6.45, 7) is 4.05. The summed E-state index contributed by atoms with van der Waals surface area (Å²) in [5.74, 6) is -1.08. The van der Waals surface area contributed by atoms with Gasteiger partial charge in [-0.3, -0.25) is 25.2 Å². The minimum Gasteiger partial charge on any atom is -0.267 e. The van der Waals surface area contributed by atoms with Crippen molar-refractivity contribution in [3.8, 4) is 10.6 Å². The van der Waals surface area contributed by atoms with E-state index in [0.29, 0.717) is 34.3 Å². The SMILES string of the molecule is CCCn1nc(C(=O)NNC(=O)c2sc(-c3ccccc3)nc2C)c2ccccc2c1=O. The molecule has 162 valence electrons. The number of carbonyl (C=O) groups is 2. The molecule has 2 heterocycles. The van der Waals surface area contributed by atoms with Gasteiger partial charge in [-0.05, 0) is 19.4 Å². The Hall–Kier alpha value is -3.85. The Morgan fingerprint density at radius 1 is 0.969 bits per heavy atom. The number of nitrogens with one attached hydrogen (secondary N) is 2. The number of benzene rings is 2. The van der Waals surface area contributed by atoms with Crippen LogP contribution < -0.4 is 16.4 Å². The lowest BCUT2D eigenvalue weighted by Gasteiger charge is -2.11. The van der Waals surface area contributed by atoms with E-state index in [1.165, 1.54) is 16.0 Å². The van der Waals surface area contributed by atoms with Crippen LogP contribution in [0.15, 0.2) is 59.4 Å². The molecule has 2 aromatic heterocycles. The first-order valence-electron chi connectivity index (χ1n) is 10.1. The third-order valence-corrected chi connectivity index (χ3v) is 6.04. The van der Waals surface area contributed by atoms with Crippen molar-refractivity contribution < 1.29 is 9.59 Å². The van der Waals surface area contributed by atoms with Crippen LogP contribution in [0.1, 0.15) is 39.2 Å². The molecule has 32 heavy (non-hydrogen) atoms. The molecule has 2 N–H and O–H groups in total. The number of aromatic nitrogens is 3. The van der Waals surface area contributed by atoms with E-state index in [1.54, 1.807) is 31.2 Å². The minimum atomic E-state index is -0.607. The van der Waals surface area contributed by atoms with Crippen LogP contribution in [0.25, 0.3) is 21.3 Å². The summed E-state index contributed by atoms with van der Waals surface area (Å²) in [6.07, 6.45) is 0.692. The van der Waals surface area contributed by atoms with Crippen LogP contribution in [-0.2, 0) is 6.54 Å². The molecule has 2 aromatic carbocycles. The Bertz CT molecular complexity index is 1360. The lowest BCUT2D eigenvalue weighted by atomic mass is 10.1. The number of carbonyl (C=O) groups excluding carboxylic acids is 2. The van der Waals surface area contributed by atoms with Crippen molar-refractivity contribution in [1.82, 2.24) is 25.6 Å². The maximum Gasteiger partial charge on any atom is 0.290 e. The molecule has 0 radical (unpaired) electrons. The third-order valence-electron chi connectivity index (χ3n) is 4.83. The van der Waals surface area contributed by atoms with Crippen LogP contribution in [0.5, 0.6) is 0 Å². The molecule has 0 spiro atoms. The van der Waals surface area contributed by atoms with Crippen LogP contribution in [0.2, 0.25) is 0 Å². The van der Waals surface area contributed by atoms with Crippen LogP contribution >= 0.6 is 11.3 Å². The second-order valence-corrected chi connectivity index (χ2v) is 8.13. The summed E-state index contributed by atoms with van der Waals surface area (Å²) in [4.78, 5) is 43.0. The second-order valence-electron chi connectivity index (χ2n) is 7.13. The quantitative estimate of drug-likeness (QED) is 0.457. The first kappa shape index (κ1) is 21.4. The van der Waals surface area contributed by atoms with E-state index in [1.807, 2.05) is 37.3 Å². The first-order valence-corrected chi connectivity index (χ1v) is 10.9. The van der Waals surface area contributed by atoms with Crippen LogP contribution in [-0.4, -0.2) is 26.6 Å². The Morgan fingerprint density at radius 2 is 1.62 bits per heavy atom. The fourth-order valence-electron chi connectivity index (χ4n) is 3.31. The van der Waals surface area contributed by atoms with Crippen molar-refractivity contribution in [3.63, 3.8) is 0 Å². The number of hydrogen-bond acceptors (Lipinski definition) is 6. The highest BCUT2D eigenvalue weighted by Crippen LogP contribution is 2.27. The number of hydrogen-bond donors (Lipinski definition) is 2. The maximum atomic E-state index is 12.9. The van der Waals surface area contributed by atoms with Gasteiger partial charge in [0.15, 0.2) is 5.69 Å². The fraction of sp³-hybridized carbons (Fsp3) is 0.174. The average Bonchev–Trinajstić information content (AvgIpc) is 3.21. The van der Waals surface area contributed by atoms with Gasteiger partial charge in [0.05, 0.1) is 11.1 Å². The van der Waals surface area contributed by atoms with E-state index >= 15 is 0 Å². The van der Waals surface area contributed by atoms with E-state index in [2.05, 4.69) is 20.9 Å². The summed E-state index contributed by atoms with van der Waals surface area (Å²) in [7, 11) is 0. The van der Waals surface area contributed by atoms with Crippen LogP contribution in [0.4, 0.5) is 0 Å². The normalized spacial score (nSPS) is 10.8. The Balaban J connectivity index is 1.56. The fourth-order valence-corrected chi connectivity index (χ4v) is 4.27. The van der Waals surface area contributed by atoms with Crippen molar-refractivity contribution >= 4 is 33.9 Å². The Kier molecular flexibility index (Phi) is 6.09. The third kappa shape index (κ3) is 4.15. The molecule has 0 saturated carbocycles. The van der Waals surface area contributed by atoms with Crippen molar-refractivity contribution in [3.05, 3.63) is 81.2 Å². The molecule has 0 unspecified atom stereocenters. The van der Waals surface area contributed by atoms with Gasteiger partial charge in [0.25, 0.3) is 17.4 Å². The Morgan fingerprint density at radius 3 is 2.34 bits per heavy atom. The lowest BCUT2D eigenvalue weighted by Crippen LogP contribution is -2.42. The van der Waals surface area contributed by atoms with E-state index in [9.17, 15) is 14.4 Å². The number of nitrogens with zero attached hydrogens (tertiary/aromatic N) is 3. The number of aryl methyl sites for hydroxylation is 2. The van der Waals surface area contributed by atoms with Crippen molar-refractivity contribution in [2.45, 2.75) is 26.8 Å². The topological polar surface area (TPSA) is 106 Å². The standard InChI is InChI=1S/C23H21N5O3S/c1-3-13-28-23(31)17-12-8-7-11-16(17)18(27-28)20(29)25-26-21(30)19-14(2)24-22(32-19)15-9-5-4-6-10-15/h4-12H,3,13H2,1-2H3,(H,25,29)(H,26,30). The van der Waals surface area contributed by atoms with Gasteiger partial charge >= 0.3 is 0 Å². The summed E-state index contributed by atoms with van der Waals surface area (Å²) >= 11 is 1.25. The lowest BCUT2D eigenvalue weighted by molar-refractivity contribution is 0.0845. The highest BCUT2D eigenvalue weighted by Gasteiger charge is 2.20. The maximum absolute atomic E-state index is 12.9. The molecule has 4 aromatic rings. The summed E-state index contributed by atoms with van der Waals surface area (Å²) in [6, 6.07) is 16.3. The monoisotopic (exact) mass is 447 g/mol. The number of rotatable bonds is 5. The number of thiazole rings is 1.